The van der Waals surface area contributed by atoms with Crippen molar-refractivity contribution >= 4 is 12.2 Å². The lowest BCUT2D eigenvalue weighted by Crippen LogP contribution is -2.49. The SMILES string of the molecule is Cn1ncc(C(=O)N2CCCC3CCCCC32)c1-c1cccc(C=O)c1. The fraction of sp³-hybridized carbons (Fsp3) is 0.476. The first kappa shape index (κ1) is 17.0. The van der Waals surface area contributed by atoms with E-state index < -0.39 is 0 Å². The molecule has 2 unspecified atom stereocenters. The average Bonchev–Trinajstić information content (AvgIpc) is 3.08. The molecular weight excluding hydrogens is 326 g/mol. The number of aryl methyl sites for hydroxylation is 1. The molecule has 2 fully saturated rings. The Labute approximate surface area is 154 Å². The van der Waals surface area contributed by atoms with E-state index >= 15 is 0 Å². The summed E-state index contributed by atoms with van der Waals surface area (Å²) < 4.78 is 1.74. The molecule has 1 aliphatic heterocycles. The lowest BCUT2D eigenvalue weighted by atomic mass is 9.78. The van der Waals surface area contributed by atoms with Gasteiger partial charge in [0.25, 0.3) is 5.91 Å². The number of carbonyl (C=O) groups excluding carboxylic acids is 2. The Hall–Kier alpha value is -2.43. The molecule has 4 rings (SSSR count). The van der Waals surface area contributed by atoms with Gasteiger partial charge in [-0.05, 0) is 37.7 Å². The van der Waals surface area contributed by atoms with Crippen LogP contribution in [0.25, 0.3) is 11.3 Å². The Bertz CT molecular complexity index is 824. The van der Waals surface area contributed by atoms with Crippen LogP contribution in [0, 0.1) is 5.92 Å². The average molecular weight is 351 g/mol. The van der Waals surface area contributed by atoms with E-state index in [4.69, 9.17) is 0 Å². The number of piperidine rings is 1. The molecule has 0 bridgehead atoms. The van der Waals surface area contributed by atoms with Gasteiger partial charge in [-0.3, -0.25) is 14.3 Å². The monoisotopic (exact) mass is 351 g/mol. The van der Waals surface area contributed by atoms with Crippen molar-refractivity contribution in [2.75, 3.05) is 6.54 Å². The van der Waals surface area contributed by atoms with E-state index in [-0.39, 0.29) is 5.91 Å². The third-order valence-corrected chi connectivity index (χ3v) is 5.97. The van der Waals surface area contributed by atoms with Crippen LogP contribution in [-0.2, 0) is 7.05 Å². The van der Waals surface area contributed by atoms with Crippen molar-refractivity contribution in [3.8, 4) is 11.3 Å². The molecule has 5 nitrogen and oxygen atoms in total. The predicted molar refractivity (Wildman–Crippen MR) is 100 cm³/mol. The molecule has 0 spiro atoms. The molecule has 26 heavy (non-hydrogen) atoms. The van der Waals surface area contributed by atoms with Gasteiger partial charge < -0.3 is 4.90 Å². The maximum atomic E-state index is 13.4. The summed E-state index contributed by atoms with van der Waals surface area (Å²) in [6, 6.07) is 7.74. The molecule has 0 N–H and O–H groups in total. The van der Waals surface area contributed by atoms with E-state index in [9.17, 15) is 9.59 Å². The summed E-state index contributed by atoms with van der Waals surface area (Å²) in [4.78, 5) is 26.7. The number of hydrogen-bond donors (Lipinski definition) is 0. The smallest absolute Gasteiger partial charge is 0.257 e. The third kappa shape index (κ3) is 2.96. The molecular formula is C21H25N3O2. The second-order valence-electron chi connectivity index (χ2n) is 7.53. The molecule has 2 atom stereocenters. The molecule has 0 radical (unpaired) electrons. The van der Waals surface area contributed by atoms with Crippen LogP contribution in [0.3, 0.4) is 0 Å². The van der Waals surface area contributed by atoms with E-state index in [0.717, 1.165) is 36.9 Å². The first-order chi connectivity index (χ1) is 12.7. The quantitative estimate of drug-likeness (QED) is 0.793. The third-order valence-electron chi connectivity index (χ3n) is 5.97. The Morgan fingerprint density at radius 3 is 2.85 bits per heavy atom. The maximum Gasteiger partial charge on any atom is 0.257 e. The topological polar surface area (TPSA) is 55.2 Å². The van der Waals surface area contributed by atoms with Crippen molar-refractivity contribution in [2.24, 2.45) is 13.0 Å². The largest absolute Gasteiger partial charge is 0.335 e. The van der Waals surface area contributed by atoms with Crippen LogP contribution in [0.2, 0.25) is 0 Å². The molecule has 1 aromatic carbocycles. The van der Waals surface area contributed by atoms with Crippen molar-refractivity contribution in [3.63, 3.8) is 0 Å². The van der Waals surface area contributed by atoms with Gasteiger partial charge in [0.05, 0.1) is 17.5 Å². The van der Waals surface area contributed by atoms with Crippen LogP contribution < -0.4 is 0 Å². The molecule has 1 amide bonds. The predicted octanol–water partition coefficient (Wildman–Crippen LogP) is 3.69. The summed E-state index contributed by atoms with van der Waals surface area (Å²) in [6.45, 7) is 0.836. The van der Waals surface area contributed by atoms with Crippen LogP contribution in [0.1, 0.15) is 59.2 Å². The van der Waals surface area contributed by atoms with Gasteiger partial charge in [-0.15, -0.1) is 0 Å². The lowest BCUT2D eigenvalue weighted by molar-refractivity contribution is 0.0391. The minimum Gasteiger partial charge on any atom is -0.335 e. The summed E-state index contributed by atoms with van der Waals surface area (Å²) in [5, 5.41) is 4.35. The summed E-state index contributed by atoms with van der Waals surface area (Å²) >= 11 is 0. The van der Waals surface area contributed by atoms with E-state index in [1.807, 2.05) is 25.2 Å². The molecule has 1 saturated heterocycles. The van der Waals surface area contributed by atoms with E-state index in [1.165, 1.54) is 25.7 Å². The standard InChI is InChI=1S/C21H25N3O2/c1-23-20(17-8-4-6-15(12-17)14-25)18(13-22-23)21(26)24-11-5-9-16-7-2-3-10-19(16)24/h4,6,8,12-14,16,19H,2-3,5,7,9-11H2,1H3. The molecule has 1 aromatic heterocycles. The number of nitrogens with zero attached hydrogens (tertiary/aromatic N) is 3. The van der Waals surface area contributed by atoms with Gasteiger partial charge in [0.2, 0.25) is 0 Å². The van der Waals surface area contributed by atoms with Crippen LogP contribution in [0.4, 0.5) is 0 Å². The molecule has 5 heteroatoms. The minimum atomic E-state index is 0.0845. The summed E-state index contributed by atoms with van der Waals surface area (Å²) in [5.74, 6) is 0.737. The number of rotatable bonds is 3. The second-order valence-corrected chi connectivity index (χ2v) is 7.53. The summed E-state index contributed by atoms with van der Waals surface area (Å²) in [5.41, 5.74) is 2.89. The number of likely N-dealkylation sites (tertiary alicyclic amines) is 1. The molecule has 2 aliphatic rings. The Morgan fingerprint density at radius 1 is 1.19 bits per heavy atom. The fourth-order valence-corrected chi connectivity index (χ4v) is 4.73. The molecule has 1 saturated carbocycles. The molecule has 2 aromatic rings. The highest BCUT2D eigenvalue weighted by Crippen LogP contribution is 2.37. The van der Waals surface area contributed by atoms with Crippen LogP contribution >= 0.6 is 0 Å². The van der Waals surface area contributed by atoms with E-state index in [0.29, 0.717) is 23.1 Å². The molecule has 2 heterocycles. The van der Waals surface area contributed by atoms with Crippen LogP contribution in [0.15, 0.2) is 30.5 Å². The van der Waals surface area contributed by atoms with E-state index in [1.54, 1.807) is 16.9 Å². The highest BCUT2D eigenvalue weighted by atomic mass is 16.2. The Balaban J connectivity index is 1.69. The zero-order valence-corrected chi connectivity index (χ0v) is 15.2. The van der Waals surface area contributed by atoms with Crippen molar-refractivity contribution < 1.29 is 9.59 Å². The van der Waals surface area contributed by atoms with E-state index in [2.05, 4.69) is 10.00 Å². The van der Waals surface area contributed by atoms with Crippen molar-refractivity contribution in [1.29, 1.82) is 0 Å². The number of amides is 1. The number of fused-ring (bicyclic) bond motifs is 1. The number of benzene rings is 1. The van der Waals surface area contributed by atoms with Gasteiger partial charge in [0.1, 0.15) is 6.29 Å². The van der Waals surface area contributed by atoms with Crippen molar-refractivity contribution in [2.45, 2.75) is 44.6 Å². The van der Waals surface area contributed by atoms with Gasteiger partial charge in [-0.25, -0.2) is 0 Å². The molecule has 136 valence electrons. The van der Waals surface area contributed by atoms with Crippen molar-refractivity contribution in [1.82, 2.24) is 14.7 Å². The van der Waals surface area contributed by atoms with Crippen molar-refractivity contribution in [3.05, 3.63) is 41.6 Å². The minimum absolute atomic E-state index is 0.0845. The van der Waals surface area contributed by atoms with Gasteiger partial charge in [0, 0.05) is 30.8 Å². The van der Waals surface area contributed by atoms with Gasteiger partial charge in [-0.1, -0.05) is 31.0 Å². The first-order valence-corrected chi connectivity index (χ1v) is 9.57. The Kier molecular flexibility index (Phi) is 4.62. The number of carbonyl (C=O) groups is 2. The second kappa shape index (κ2) is 7.06. The highest BCUT2D eigenvalue weighted by molar-refractivity contribution is 6.00. The zero-order chi connectivity index (χ0) is 18.1. The van der Waals surface area contributed by atoms with Gasteiger partial charge in [0.15, 0.2) is 0 Å². The number of hydrogen-bond acceptors (Lipinski definition) is 3. The van der Waals surface area contributed by atoms with Crippen LogP contribution in [0.5, 0.6) is 0 Å². The Morgan fingerprint density at radius 2 is 2.00 bits per heavy atom. The first-order valence-electron chi connectivity index (χ1n) is 9.57. The summed E-state index contributed by atoms with van der Waals surface area (Å²) in [6.07, 6.45) is 9.71. The molecule has 1 aliphatic carbocycles. The van der Waals surface area contributed by atoms with Gasteiger partial charge >= 0.3 is 0 Å². The summed E-state index contributed by atoms with van der Waals surface area (Å²) in [7, 11) is 1.85. The van der Waals surface area contributed by atoms with Crippen LogP contribution in [-0.4, -0.2) is 39.5 Å². The highest BCUT2D eigenvalue weighted by Gasteiger charge is 2.37. The maximum absolute atomic E-state index is 13.4. The number of aromatic nitrogens is 2. The zero-order valence-electron chi connectivity index (χ0n) is 15.2. The normalized spacial score (nSPS) is 22.7. The fourth-order valence-electron chi connectivity index (χ4n) is 4.73. The van der Waals surface area contributed by atoms with Gasteiger partial charge in [-0.2, -0.15) is 5.10 Å². The number of aldehydes is 1. The lowest BCUT2D eigenvalue weighted by Gasteiger charge is -2.44.